The van der Waals surface area contributed by atoms with Gasteiger partial charge in [0.1, 0.15) is 21.9 Å². The Bertz CT molecular complexity index is 555. The molecular formula is C12H9BrCl2N2O. The summed E-state index contributed by atoms with van der Waals surface area (Å²) in [7, 11) is 1.63. The summed E-state index contributed by atoms with van der Waals surface area (Å²) in [5.74, 6) is 1.36. The first-order valence-electron chi connectivity index (χ1n) is 5.10. The summed E-state index contributed by atoms with van der Waals surface area (Å²) in [4.78, 5) is 8.33. The highest BCUT2D eigenvalue weighted by Crippen LogP contribution is 2.27. The van der Waals surface area contributed by atoms with E-state index in [9.17, 15) is 0 Å². The van der Waals surface area contributed by atoms with Crippen LogP contribution < -0.4 is 4.74 Å². The molecule has 0 spiro atoms. The first-order valence-corrected chi connectivity index (χ1v) is 6.65. The molecule has 1 aromatic carbocycles. The van der Waals surface area contributed by atoms with Gasteiger partial charge in [-0.1, -0.05) is 35.3 Å². The largest absolute Gasteiger partial charge is 0.497 e. The highest BCUT2D eigenvalue weighted by molar-refractivity contribution is 9.10. The summed E-state index contributed by atoms with van der Waals surface area (Å²) in [5.41, 5.74) is 1.03. The molecule has 0 bridgehead atoms. The number of rotatable bonds is 3. The van der Waals surface area contributed by atoms with Gasteiger partial charge in [0.25, 0.3) is 0 Å². The quantitative estimate of drug-likeness (QED) is 0.782. The van der Waals surface area contributed by atoms with Crippen LogP contribution in [0.15, 0.2) is 28.7 Å². The van der Waals surface area contributed by atoms with E-state index in [0.717, 1.165) is 11.3 Å². The Labute approximate surface area is 123 Å². The first kappa shape index (κ1) is 13.6. The molecular weight excluding hydrogens is 339 g/mol. The standard InChI is InChI=1S/C12H9BrCl2N2O/c1-18-8-4-2-3-7(5-8)6-9-16-11(14)10(13)12(15)17-9/h2-5H,6H2,1H3. The Morgan fingerprint density at radius 2 is 1.89 bits per heavy atom. The lowest BCUT2D eigenvalue weighted by Gasteiger charge is -2.05. The zero-order valence-electron chi connectivity index (χ0n) is 9.45. The number of hydrogen-bond acceptors (Lipinski definition) is 3. The van der Waals surface area contributed by atoms with E-state index in [2.05, 4.69) is 25.9 Å². The lowest BCUT2D eigenvalue weighted by atomic mass is 10.1. The predicted octanol–water partition coefficient (Wildman–Crippen LogP) is 4.15. The van der Waals surface area contributed by atoms with Crippen LogP contribution in [0, 0.1) is 0 Å². The molecule has 6 heteroatoms. The summed E-state index contributed by atoms with van der Waals surface area (Å²) < 4.78 is 5.67. The number of benzene rings is 1. The fraction of sp³-hybridized carbons (Fsp3) is 0.167. The van der Waals surface area contributed by atoms with Gasteiger partial charge in [0, 0.05) is 6.42 Å². The van der Waals surface area contributed by atoms with Crippen LogP contribution in [-0.4, -0.2) is 17.1 Å². The number of hydrogen-bond donors (Lipinski definition) is 0. The van der Waals surface area contributed by atoms with E-state index in [1.165, 1.54) is 0 Å². The molecule has 2 rings (SSSR count). The van der Waals surface area contributed by atoms with Gasteiger partial charge in [-0.2, -0.15) is 0 Å². The molecule has 1 aromatic heterocycles. The van der Waals surface area contributed by atoms with E-state index in [4.69, 9.17) is 27.9 Å². The third-order valence-corrected chi connectivity index (χ3v) is 4.07. The minimum atomic E-state index is 0.313. The summed E-state index contributed by atoms with van der Waals surface area (Å²) in [6.45, 7) is 0. The molecule has 0 saturated carbocycles. The topological polar surface area (TPSA) is 35.0 Å². The maximum absolute atomic E-state index is 5.94. The molecule has 0 fully saturated rings. The molecule has 3 nitrogen and oxygen atoms in total. The molecule has 0 unspecified atom stereocenters. The van der Waals surface area contributed by atoms with Crippen molar-refractivity contribution >= 4 is 39.1 Å². The maximum Gasteiger partial charge on any atom is 0.148 e. The van der Waals surface area contributed by atoms with Crippen molar-refractivity contribution in [3.63, 3.8) is 0 Å². The molecule has 0 aliphatic carbocycles. The predicted molar refractivity (Wildman–Crippen MR) is 75.6 cm³/mol. The van der Waals surface area contributed by atoms with Crippen LogP contribution in [0.3, 0.4) is 0 Å². The Hall–Kier alpha value is -0.840. The summed E-state index contributed by atoms with van der Waals surface area (Å²) in [6.07, 6.45) is 0.546. The Morgan fingerprint density at radius 3 is 2.50 bits per heavy atom. The number of ether oxygens (including phenoxy) is 1. The summed E-state index contributed by atoms with van der Waals surface area (Å²) >= 11 is 15.1. The van der Waals surface area contributed by atoms with Crippen LogP contribution in [0.25, 0.3) is 0 Å². The zero-order valence-corrected chi connectivity index (χ0v) is 12.6. The smallest absolute Gasteiger partial charge is 0.148 e. The number of methoxy groups -OCH3 is 1. The minimum absolute atomic E-state index is 0.313. The van der Waals surface area contributed by atoms with Crippen molar-refractivity contribution in [1.29, 1.82) is 0 Å². The molecule has 0 saturated heterocycles. The average molecular weight is 348 g/mol. The first-order chi connectivity index (χ1) is 8.60. The molecule has 0 radical (unpaired) electrons. The highest BCUT2D eigenvalue weighted by atomic mass is 79.9. The van der Waals surface area contributed by atoms with Crippen molar-refractivity contribution in [2.75, 3.05) is 7.11 Å². The van der Waals surface area contributed by atoms with Gasteiger partial charge in [-0.25, -0.2) is 9.97 Å². The van der Waals surface area contributed by atoms with Crippen molar-refractivity contribution in [2.45, 2.75) is 6.42 Å². The van der Waals surface area contributed by atoms with Crippen molar-refractivity contribution in [3.05, 3.63) is 50.4 Å². The van der Waals surface area contributed by atoms with Crippen LogP contribution in [0.1, 0.15) is 11.4 Å². The van der Waals surface area contributed by atoms with Crippen molar-refractivity contribution in [3.8, 4) is 5.75 Å². The van der Waals surface area contributed by atoms with Gasteiger partial charge in [0.2, 0.25) is 0 Å². The second kappa shape index (κ2) is 5.87. The van der Waals surface area contributed by atoms with Gasteiger partial charge in [-0.15, -0.1) is 0 Å². The molecule has 0 amide bonds. The van der Waals surface area contributed by atoms with Gasteiger partial charge in [0.15, 0.2) is 0 Å². The van der Waals surface area contributed by atoms with E-state index in [1.54, 1.807) is 7.11 Å². The zero-order chi connectivity index (χ0) is 13.1. The average Bonchev–Trinajstić information content (AvgIpc) is 2.36. The van der Waals surface area contributed by atoms with Gasteiger partial charge < -0.3 is 4.74 Å². The van der Waals surface area contributed by atoms with Crippen molar-refractivity contribution in [2.24, 2.45) is 0 Å². The van der Waals surface area contributed by atoms with Crippen LogP contribution in [0.4, 0.5) is 0 Å². The van der Waals surface area contributed by atoms with Crippen LogP contribution in [0.5, 0.6) is 5.75 Å². The summed E-state index contributed by atoms with van der Waals surface area (Å²) in [5, 5.41) is 0.626. The molecule has 0 N–H and O–H groups in total. The fourth-order valence-electron chi connectivity index (χ4n) is 1.48. The Kier molecular flexibility index (Phi) is 4.43. The monoisotopic (exact) mass is 346 g/mol. The van der Waals surface area contributed by atoms with Gasteiger partial charge in [0.05, 0.1) is 11.6 Å². The number of nitrogens with zero attached hydrogens (tertiary/aromatic N) is 2. The number of aromatic nitrogens is 2. The Balaban J connectivity index is 2.28. The highest BCUT2D eigenvalue weighted by Gasteiger charge is 2.09. The lowest BCUT2D eigenvalue weighted by Crippen LogP contribution is -1.98. The third kappa shape index (κ3) is 3.13. The molecule has 0 atom stereocenters. The number of halogens is 3. The normalized spacial score (nSPS) is 10.4. The van der Waals surface area contributed by atoms with Gasteiger partial charge in [-0.05, 0) is 33.6 Å². The van der Waals surface area contributed by atoms with E-state index in [0.29, 0.717) is 27.0 Å². The molecule has 2 aromatic rings. The molecule has 18 heavy (non-hydrogen) atoms. The van der Waals surface area contributed by atoms with Crippen LogP contribution in [0.2, 0.25) is 10.3 Å². The van der Waals surface area contributed by atoms with E-state index < -0.39 is 0 Å². The Morgan fingerprint density at radius 1 is 1.22 bits per heavy atom. The summed E-state index contributed by atoms with van der Waals surface area (Å²) in [6, 6.07) is 7.69. The van der Waals surface area contributed by atoms with Crippen molar-refractivity contribution < 1.29 is 4.74 Å². The molecule has 1 heterocycles. The minimum Gasteiger partial charge on any atom is -0.497 e. The lowest BCUT2D eigenvalue weighted by molar-refractivity contribution is 0.414. The molecule has 0 aliphatic rings. The van der Waals surface area contributed by atoms with E-state index in [-0.39, 0.29) is 0 Å². The fourth-order valence-corrected chi connectivity index (χ4v) is 2.08. The van der Waals surface area contributed by atoms with Gasteiger partial charge >= 0.3 is 0 Å². The second-order valence-corrected chi connectivity index (χ2v) is 5.07. The van der Waals surface area contributed by atoms with E-state index in [1.807, 2.05) is 24.3 Å². The third-order valence-electron chi connectivity index (χ3n) is 2.31. The second-order valence-electron chi connectivity index (χ2n) is 3.56. The van der Waals surface area contributed by atoms with Gasteiger partial charge in [-0.3, -0.25) is 0 Å². The maximum atomic E-state index is 5.94. The van der Waals surface area contributed by atoms with E-state index >= 15 is 0 Å². The molecule has 0 aliphatic heterocycles. The van der Waals surface area contributed by atoms with Crippen LogP contribution >= 0.6 is 39.1 Å². The van der Waals surface area contributed by atoms with Crippen LogP contribution in [-0.2, 0) is 6.42 Å². The SMILES string of the molecule is COc1cccc(Cc2nc(Cl)c(Br)c(Cl)n2)c1. The molecule has 94 valence electrons. The van der Waals surface area contributed by atoms with Crippen molar-refractivity contribution in [1.82, 2.24) is 9.97 Å².